The number of guanidine groups is 1. The van der Waals surface area contributed by atoms with E-state index in [-0.39, 0.29) is 24.0 Å². The summed E-state index contributed by atoms with van der Waals surface area (Å²) in [5.74, 6) is 1.64. The van der Waals surface area contributed by atoms with Gasteiger partial charge < -0.3 is 20.1 Å². The van der Waals surface area contributed by atoms with Gasteiger partial charge in [0.25, 0.3) is 0 Å². The van der Waals surface area contributed by atoms with E-state index in [1.54, 1.807) is 25.5 Å². The first-order valence-corrected chi connectivity index (χ1v) is 9.09. The van der Waals surface area contributed by atoms with E-state index in [1.165, 1.54) is 4.88 Å². The van der Waals surface area contributed by atoms with Gasteiger partial charge in [0.15, 0.2) is 5.96 Å². The highest BCUT2D eigenvalue weighted by atomic mass is 127. The third-order valence-electron chi connectivity index (χ3n) is 3.49. The maximum absolute atomic E-state index is 5.69. The summed E-state index contributed by atoms with van der Waals surface area (Å²) in [4.78, 5) is 9.75. The van der Waals surface area contributed by atoms with Gasteiger partial charge in [-0.15, -0.1) is 35.3 Å². The van der Waals surface area contributed by atoms with Crippen LogP contribution in [0.1, 0.15) is 21.9 Å². The number of hydrogen-bond donors (Lipinski definition) is 2. The molecular weight excluding hydrogens is 463 g/mol. The van der Waals surface area contributed by atoms with Crippen LogP contribution in [0.25, 0.3) is 0 Å². The lowest BCUT2D eigenvalue weighted by atomic mass is 10.2. The minimum Gasteiger partial charge on any atom is -0.497 e. The minimum absolute atomic E-state index is 0. The van der Waals surface area contributed by atoms with E-state index in [4.69, 9.17) is 9.47 Å². The molecule has 1 aromatic carbocycles. The summed E-state index contributed by atoms with van der Waals surface area (Å²) in [5.41, 5.74) is 1.14. The molecule has 0 atom stereocenters. The summed E-state index contributed by atoms with van der Waals surface area (Å²) in [5, 5.41) is 7.60. The second-order valence-electron chi connectivity index (χ2n) is 5.47. The predicted molar refractivity (Wildman–Crippen MR) is 118 cm³/mol. The molecular formula is C18H27IN4O2S. The van der Waals surface area contributed by atoms with E-state index in [0.29, 0.717) is 19.8 Å². The quantitative estimate of drug-likeness (QED) is 0.244. The number of ether oxygens (including phenoxy) is 2. The van der Waals surface area contributed by atoms with E-state index < -0.39 is 0 Å². The summed E-state index contributed by atoms with van der Waals surface area (Å²) < 4.78 is 10.8. The SMILES string of the molecule is CN=C(NCCCOCc1ccc(OC)cc1)NCc1ncc(C)s1.I. The Balaban J connectivity index is 0.00000338. The Hall–Kier alpha value is -1.39. The highest BCUT2D eigenvalue weighted by Crippen LogP contribution is 2.12. The van der Waals surface area contributed by atoms with Gasteiger partial charge >= 0.3 is 0 Å². The molecule has 0 aliphatic rings. The number of aliphatic imine (C=N–C) groups is 1. The van der Waals surface area contributed by atoms with Crippen molar-refractivity contribution in [2.45, 2.75) is 26.5 Å². The Morgan fingerprint density at radius 2 is 2.00 bits per heavy atom. The van der Waals surface area contributed by atoms with E-state index in [1.807, 2.05) is 30.5 Å². The highest BCUT2D eigenvalue weighted by molar-refractivity contribution is 14.0. The third-order valence-corrected chi connectivity index (χ3v) is 4.40. The van der Waals surface area contributed by atoms with Crippen LogP contribution in [0, 0.1) is 6.92 Å². The van der Waals surface area contributed by atoms with Crippen molar-refractivity contribution in [3.8, 4) is 5.75 Å². The van der Waals surface area contributed by atoms with Crippen molar-refractivity contribution in [2.24, 2.45) is 4.99 Å². The molecule has 0 aliphatic heterocycles. The van der Waals surface area contributed by atoms with Crippen LogP contribution in [0.15, 0.2) is 35.5 Å². The van der Waals surface area contributed by atoms with Gasteiger partial charge in [0.2, 0.25) is 0 Å². The molecule has 0 spiro atoms. The fourth-order valence-corrected chi connectivity index (χ4v) is 2.88. The molecule has 8 heteroatoms. The van der Waals surface area contributed by atoms with Crippen LogP contribution in [-0.2, 0) is 17.9 Å². The molecule has 26 heavy (non-hydrogen) atoms. The molecule has 2 N–H and O–H groups in total. The molecule has 0 amide bonds. The van der Waals surface area contributed by atoms with Gasteiger partial charge in [0, 0.05) is 31.3 Å². The monoisotopic (exact) mass is 490 g/mol. The first-order valence-electron chi connectivity index (χ1n) is 8.27. The zero-order valence-electron chi connectivity index (χ0n) is 15.4. The standard InChI is InChI=1S/C18H26N4O2S.HI/c1-14-11-21-17(25-14)12-22-18(19-2)20-9-4-10-24-13-15-5-7-16(23-3)8-6-15;/h5-8,11H,4,9-10,12-13H2,1-3H3,(H2,19,20,22);1H. The Kier molecular flexibility index (Phi) is 11.2. The van der Waals surface area contributed by atoms with Gasteiger partial charge in [-0.3, -0.25) is 4.99 Å². The van der Waals surface area contributed by atoms with E-state index in [0.717, 1.165) is 35.2 Å². The van der Waals surface area contributed by atoms with Crippen LogP contribution in [0.5, 0.6) is 5.75 Å². The van der Waals surface area contributed by atoms with Crippen molar-refractivity contribution in [1.29, 1.82) is 0 Å². The Labute approximate surface area is 176 Å². The van der Waals surface area contributed by atoms with Crippen LogP contribution in [0.3, 0.4) is 0 Å². The van der Waals surface area contributed by atoms with Crippen molar-refractivity contribution in [3.63, 3.8) is 0 Å². The van der Waals surface area contributed by atoms with Crippen molar-refractivity contribution in [1.82, 2.24) is 15.6 Å². The number of methoxy groups -OCH3 is 1. The molecule has 0 saturated heterocycles. The molecule has 0 aliphatic carbocycles. The van der Waals surface area contributed by atoms with Gasteiger partial charge in [-0.2, -0.15) is 0 Å². The number of aryl methyl sites for hydroxylation is 1. The van der Waals surface area contributed by atoms with Crippen LogP contribution < -0.4 is 15.4 Å². The summed E-state index contributed by atoms with van der Waals surface area (Å²) in [6, 6.07) is 7.92. The largest absolute Gasteiger partial charge is 0.497 e. The molecule has 0 radical (unpaired) electrons. The molecule has 0 unspecified atom stereocenters. The first kappa shape index (κ1) is 22.7. The fourth-order valence-electron chi connectivity index (χ4n) is 2.16. The van der Waals surface area contributed by atoms with E-state index in [2.05, 4.69) is 27.5 Å². The van der Waals surface area contributed by atoms with E-state index in [9.17, 15) is 0 Å². The third kappa shape index (κ3) is 8.33. The lowest BCUT2D eigenvalue weighted by molar-refractivity contribution is 0.119. The van der Waals surface area contributed by atoms with Gasteiger partial charge in [0.05, 0.1) is 20.3 Å². The molecule has 0 fully saturated rings. The van der Waals surface area contributed by atoms with Crippen LogP contribution in [-0.4, -0.2) is 38.3 Å². The van der Waals surface area contributed by atoms with Gasteiger partial charge in [-0.05, 0) is 31.0 Å². The van der Waals surface area contributed by atoms with Gasteiger partial charge in [-0.25, -0.2) is 4.98 Å². The first-order chi connectivity index (χ1) is 12.2. The fraction of sp³-hybridized carbons (Fsp3) is 0.444. The molecule has 1 aromatic heterocycles. The van der Waals surface area contributed by atoms with Crippen molar-refractivity contribution >= 4 is 41.3 Å². The Bertz CT molecular complexity index is 661. The number of nitrogens with zero attached hydrogens (tertiary/aromatic N) is 2. The number of nitrogens with one attached hydrogen (secondary N) is 2. The van der Waals surface area contributed by atoms with E-state index >= 15 is 0 Å². The Morgan fingerprint density at radius 3 is 2.62 bits per heavy atom. The second-order valence-corrected chi connectivity index (χ2v) is 6.79. The van der Waals surface area contributed by atoms with Gasteiger partial charge in [0.1, 0.15) is 10.8 Å². The number of hydrogen-bond acceptors (Lipinski definition) is 5. The average molecular weight is 490 g/mol. The lowest BCUT2D eigenvalue weighted by Gasteiger charge is -2.11. The highest BCUT2D eigenvalue weighted by Gasteiger charge is 2.01. The molecule has 0 saturated carbocycles. The maximum atomic E-state index is 5.69. The number of thiazole rings is 1. The molecule has 6 nitrogen and oxygen atoms in total. The average Bonchev–Trinajstić information content (AvgIpc) is 3.06. The zero-order valence-corrected chi connectivity index (χ0v) is 18.6. The molecule has 144 valence electrons. The second kappa shape index (κ2) is 12.9. The molecule has 1 heterocycles. The molecule has 2 rings (SSSR count). The van der Waals surface area contributed by atoms with Crippen molar-refractivity contribution < 1.29 is 9.47 Å². The van der Waals surface area contributed by atoms with Crippen LogP contribution in [0.4, 0.5) is 0 Å². The number of rotatable bonds is 9. The van der Waals surface area contributed by atoms with Gasteiger partial charge in [-0.1, -0.05) is 12.1 Å². The van der Waals surface area contributed by atoms with Crippen molar-refractivity contribution in [3.05, 3.63) is 45.9 Å². The Morgan fingerprint density at radius 1 is 1.23 bits per heavy atom. The minimum atomic E-state index is 0. The zero-order chi connectivity index (χ0) is 17.9. The predicted octanol–water partition coefficient (Wildman–Crippen LogP) is 3.35. The molecule has 2 aromatic rings. The lowest BCUT2D eigenvalue weighted by Crippen LogP contribution is -2.37. The molecule has 0 bridgehead atoms. The normalized spacial score (nSPS) is 11.0. The van der Waals surface area contributed by atoms with Crippen LogP contribution in [0.2, 0.25) is 0 Å². The van der Waals surface area contributed by atoms with Crippen LogP contribution >= 0.6 is 35.3 Å². The maximum Gasteiger partial charge on any atom is 0.191 e. The summed E-state index contributed by atoms with van der Waals surface area (Å²) in [6.45, 7) is 4.85. The summed E-state index contributed by atoms with van der Waals surface area (Å²) >= 11 is 1.69. The summed E-state index contributed by atoms with van der Waals surface area (Å²) in [6.07, 6.45) is 2.80. The number of halogens is 1. The topological polar surface area (TPSA) is 67.8 Å². The smallest absolute Gasteiger partial charge is 0.191 e. The number of aromatic nitrogens is 1. The van der Waals surface area contributed by atoms with Crippen molar-refractivity contribution in [2.75, 3.05) is 27.3 Å². The summed E-state index contributed by atoms with van der Waals surface area (Å²) in [7, 11) is 3.43. The number of benzene rings is 1.